The Kier molecular flexibility index (Phi) is 4.90. The molecule has 1 amide bonds. The maximum atomic E-state index is 11.7. The first-order valence-electron chi connectivity index (χ1n) is 8.77. The number of nitrogens with zero attached hydrogens (tertiary/aromatic N) is 2. The Hall–Kier alpha value is -1.55. The van der Waals surface area contributed by atoms with Gasteiger partial charge in [-0.2, -0.15) is 0 Å². The molecular formula is C19H28N2O2. The molecule has 0 spiro atoms. The zero-order valence-corrected chi connectivity index (χ0v) is 14.5. The first-order valence-corrected chi connectivity index (χ1v) is 8.77. The fourth-order valence-corrected chi connectivity index (χ4v) is 4.21. The third kappa shape index (κ3) is 3.52. The van der Waals surface area contributed by atoms with Gasteiger partial charge in [-0.3, -0.25) is 4.90 Å². The van der Waals surface area contributed by atoms with Gasteiger partial charge in [0, 0.05) is 26.2 Å². The summed E-state index contributed by atoms with van der Waals surface area (Å²) in [7, 11) is 5.66. The van der Waals surface area contributed by atoms with Crippen molar-refractivity contribution in [1.82, 2.24) is 9.80 Å². The average molecular weight is 316 g/mol. The van der Waals surface area contributed by atoms with Gasteiger partial charge < -0.3 is 9.64 Å². The van der Waals surface area contributed by atoms with Gasteiger partial charge in [-0.15, -0.1) is 0 Å². The van der Waals surface area contributed by atoms with Crippen LogP contribution in [0.2, 0.25) is 0 Å². The van der Waals surface area contributed by atoms with E-state index in [2.05, 4.69) is 18.0 Å². The highest BCUT2D eigenvalue weighted by molar-refractivity contribution is 5.70. The van der Waals surface area contributed by atoms with Crippen LogP contribution in [0.3, 0.4) is 0 Å². The van der Waals surface area contributed by atoms with Gasteiger partial charge in [0.15, 0.2) is 0 Å². The number of likely N-dealkylation sites (tertiary alicyclic amines) is 1. The Bertz CT molecular complexity index is 558. The smallest absolute Gasteiger partial charge is 0.410 e. The van der Waals surface area contributed by atoms with Crippen molar-refractivity contribution in [2.45, 2.75) is 50.6 Å². The van der Waals surface area contributed by atoms with Gasteiger partial charge in [0.2, 0.25) is 0 Å². The standard InChI is InChI=1S/C19H28N2O2/c1-20(2)19(22)23-16-10-7-9-14(12-16)18-13-15-8-5-4-6-11-17(15)21(18)3/h7,9-10,12,15,17-18H,4-6,8,11,13H2,1-3H3. The molecule has 3 atom stereocenters. The van der Waals surface area contributed by atoms with Gasteiger partial charge in [0.05, 0.1) is 0 Å². The number of fused-ring (bicyclic) bond motifs is 1. The lowest BCUT2D eigenvalue weighted by Gasteiger charge is -2.27. The molecule has 1 aromatic carbocycles. The number of carbonyl (C=O) groups is 1. The van der Waals surface area contributed by atoms with E-state index in [9.17, 15) is 4.79 Å². The first-order chi connectivity index (χ1) is 11.1. The molecule has 1 aliphatic heterocycles. The minimum atomic E-state index is -0.327. The molecule has 4 nitrogen and oxygen atoms in total. The van der Waals surface area contributed by atoms with Crippen molar-refractivity contribution >= 4 is 6.09 Å². The number of hydrogen-bond donors (Lipinski definition) is 0. The Balaban J connectivity index is 1.75. The summed E-state index contributed by atoms with van der Waals surface area (Å²) >= 11 is 0. The molecule has 0 bridgehead atoms. The number of rotatable bonds is 2. The second kappa shape index (κ2) is 6.91. The number of ether oxygens (including phenoxy) is 1. The largest absolute Gasteiger partial charge is 0.414 e. The highest BCUT2D eigenvalue weighted by Crippen LogP contribution is 2.44. The van der Waals surface area contributed by atoms with Crippen molar-refractivity contribution in [3.8, 4) is 5.75 Å². The van der Waals surface area contributed by atoms with Gasteiger partial charge in [-0.1, -0.05) is 31.4 Å². The Morgan fingerprint density at radius 3 is 2.78 bits per heavy atom. The monoisotopic (exact) mass is 316 g/mol. The van der Waals surface area contributed by atoms with Crippen LogP contribution >= 0.6 is 0 Å². The fraction of sp³-hybridized carbons (Fsp3) is 0.632. The van der Waals surface area contributed by atoms with Crippen LogP contribution in [0.25, 0.3) is 0 Å². The molecule has 1 saturated heterocycles. The van der Waals surface area contributed by atoms with Gasteiger partial charge in [-0.25, -0.2) is 4.79 Å². The van der Waals surface area contributed by atoms with Crippen LogP contribution in [0, 0.1) is 5.92 Å². The summed E-state index contributed by atoms with van der Waals surface area (Å²) in [5, 5.41) is 0. The van der Waals surface area contributed by atoms with Crippen LogP contribution in [0.5, 0.6) is 5.75 Å². The zero-order valence-electron chi connectivity index (χ0n) is 14.5. The van der Waals surface area contributed by atoms with Gasteiger partial charge >= 0.3 is 6.09 Å². The van der Waals surface area contributed by atoms with Gasteiger partial charge in [-0.05, 0) is 49.9 Å². The Morgan fingerprint density at radius 2 is 2.00 bits per heavy atom. The van der Waals surface area contributed by atoms with E-state index in [1.807, 2.05) is 18.2 Å². The first kappa shape index (κ1) is 16.3. The topological polar surface area (TPSA) is 32.8 Å². The minimum absolute atomic E-state index is 0.327. The predicted octanol–water partition coefficient (Wildman–Crippen LogP) is 4.07. The predicted molar refractivity (Wildman–Crippen MR) is 91.6 cm³/mol. The second-order valence-electron chi connectivity index (χ2n) is 7.22. The van der Waals surface area contributed by atoms with Crippen molar-refractivity contribution in [2.75, 3.05) is 21.1 Å². The van der Waals surface area contributed by atoms with Crippen molar-refractivity contribution in [1.29, 1.82) is 0 Å². The molecule has 2 aliphatic rings. The number of benzene rings is 1. The molecule has 4 heteroatoms. The fourth-order valence-electron chi connectivity index (χ4n) is 4.21. The van der Waals surface area contributed by atoms with E-state index in [1.165, 1.54) is 49.0 Å². The molecule has 0 N–H and O–H groups in total. The van der Waals surface area contributed by atoms with Crippen LogP contribution in [0.4, 0.5) is 4.79 Å². The van der Waals surface area contributed by atoms with Gasteiger partial charge in [0.25, 0.3) is 0 Å². The molecule has 126 valence electrons. The number of hydrogen-bond acceptors (Lipinski definition) is 3. The normalized spacial score (nSPS) is 28.0. The summed E-state index contributed by atoms with van der Waals surface area (Å²) in [6.07, 6.45) is 7.72. The Morgan fingerprint density at radius 1 is 1.22 bits per heavy atom. The lowest BCUT2D eigenvalue weighted by molar-refractivity contribution is 0.171. The van der Waals surface area contributed by atoms with E-state index < -0.39 is 0 Å². The molecule has 0 aromatic heterocycles. The molecule has 1 heterocycles. The minimum Gasteiger partial charge on any atom is -0.410 e. The molecule has 1 aliphatic carbocycles. The summed E-state index contributed by atoms with van der Waals surface area (Å²) in [4.78, 5) is 15.8. The van der Waals surface area contributed by atoms with E-state index in [1.54, 1.807) is 14.1 Å². The molecule has 1 aromatic rings. The van der Waals surface area contributed by atoms with E-state index in [0.717, 1.165) is 12.0 Å². The van der Waals surface area contributed by atoms with Crippen molar-refractivity contribution in [2.24, 2.45) is 5.92 Å². The summed E-state index contributed by atoms with van der Waals surface area (Å²) < 4.78 is 5.42. The van der Waals surface area contributed by atoms with Crippen molar-refractivity contribution in [3.63, 3.8) is 0 Å². The lowest BCUT2D eigenvalue weighted by Crippen LogP contribution is -2.30. The van der Waals surface area contributed by atoms with E-state index in [4.69, 9.17) is 4.74 Å². The quantitative estimate of drug-likeness (QED) is 0.824. The lowest BCUT2D eigenvalue weighted by atomic mass is 9.93. The summed E-state index contributed by atoms with van der Waals surface area (Å²) in [6.45, 7) is 0. The molecule has 23 heavy (non-hydrogen) atoms. The van der Waals surface area contributed by atoms with E-state index in [-0.39, 0.29) is 6.09 Å². The maximum absolute atomic E-state index is 11.7. The Labute approximate surface area is 139 Å². The highest BCUT2D eigenvalue weighted by atomic mass is 16.6. The average Bonchev–Trinajstić information content (AvgIpc) is 2.71. The van der Waals surface area contributed by atoms with Crippen molar-refractivity contribution in [3.05, 3.63) is 29.8 Å². The summed E-state index contributed by atoms with van der Waals surface area (Å²) in [6, 6.07) is 9.22. The summed E-state index contributed by atoms with van der Waals surface area (Å²) in [5.41, 5.74) is 1.27. The molecule has 3 unspecified atom stereocenters. The van der Waals surface area contributed by atoms with Crippen LogP contribution < -0.4 is 4.74 Å². The third-order valence-electron chi connectivity index (χ3n) is 5.47. The van der Waals surface area contributed by atoms with Gasteiger partial charge in [0.1, 0.15) is 5.75 Å². The van der Waals surface area contributed by atoms with Crippen LogP contribution in [-0.4, -0.2) is 43.1 Å². The van der Waals surface area contributed by atoms with E-state index in [0.29, 0.717) is 11.8 Å². The molecule has 2 fully saturated rings. The number of carbonyl (C=O) groups excluding carboxylic acids is 1. The highest BCUT2D eigenvalue weighted by Gasteiger charge is 2.39. The SMILES string of the molecule is CN(C)C(=O)Oc1cccc(C2CC3CCCCCC3N2C)c1. The molecular weight excluding hydrogens is 288 g/mol. The third-order valence-corrected chi connectivity index (χ3v) is 5.47. The molecule has 1 saturated carbocycles. The molecule has 0 radical (unpaired) electrons. The zero-order chi connectivity index (χ0) is 16.4. The van der Waals surface area contributed by atoms with Crippen LogP contribution in [0.1, 0.15) is 50.1 Å². The van der Waals surface area contributed by atoms with Crippen LogP contribution in [-0.2, 0) is 0 Å². The second-order valence-corrected chi connectivity index (χ2v) is 7.22. The van der Waals surface area contributed by atoms with Crippen LogP contribution in [0.15, 0.2) is 24.3 Å². The molecule has 3 rings (SSSR count). The van der Waals surface area contributed by atoms with Crippen molar-refractivity contribution < 1.29 is 9.53 Å². The summed E-state index contributed by atoms with van der Waals surface area (Å²) in [5.74, 6) is 1.46. The number of amides is 1. The van der Waals surface area contributed by atoms with E-state index >= 15 is 0 Å². The maximum Gasteiger partial charge on any atom is 0.414 e.